The largest absolute Gasteiger partial charge is 0.389 e. The first-order valence-corrected chi connectivity index (χ1v) is 7.41. The van der Waals surface area contributed by atoms with Gasteiger partial charge in [-0.15, -0.1) is 0 Å². The topological polar surface area (TPSA) is 72.4 Å². The molecule has 1 fully saturated rings. The first-order valence-electron chi connectivity index (χ1n) is 7.00. The highest BCUT2D eigenvalue weighted by atomic mass is 32.1. The Hall–Kier alpha value is -1.53. The number of benzene rings is 1. The standard InChI is InChI=1S/C15H20FN3OS/c1-9-2-3-11(14(17)20)8-19(9)7-10-4-5-12(16)6-13(10)15(18)21/h4-6,9,11H,2-3,7-8H2,1H3,(H2,17,20)(H2,18,21). The van der Waals surface area contributed by atoms with Gasteiger partial charge in [0.2, 0.25) is 5.91 Å². The SMILES string of the molecule is CC1CCC(C(N)=O)CN1Cc1ccc(F)cc1C(N)=S. The second-order valence-corrected chi connectivity index (χ2v) is 6.06. The van der Waals surface area contributed by atoms with Gasteiger partial charge in [-0.25, -0.2) is 4.39 Å². The summed E-state index contributed by atoms with van der Waals surface area (Å²) in [6, 6.07) is 4.80. The van der Waals surface area contributed by atoms with Crippen LogP contribution >= 0.6 is 12.2 Å². The highest BCUT2D eigenvalue weighted by Crippen LogP contribution is 2.24. The summed E-state index contributed by atoms with van der Waals surface area (Å²) in [6.45, 7) is 3.31. The monoisotopic (exact) mass is 309 g/mol. The number of halogens is 1. The van der Waals surface area contributed by atoms with Gasteiger partial charge in [-0.05, 0) is 37.5 Å². The van der Waals surface area contributed by atoms with E-state index in [1.54, 1.807) is 6.07 Å². The maximum atomic E-state index is 13.3. The smallest absolute Gasteiger partial charge is 0.221 e. The van der Waals surface area contributed by atoms with Gasteiger partial charge in [0.25, 0.3) is 0 Å². The molecule has 2 atom stereocenters. The normalized spacial score (nSPS) is 23.0. The van der Waals surface area contributed by atoms with Crippen molar-refractivity contribution in [3.05, 3.63) is 35.1 Å². The summed E-state index contributed by atoms with van der Waals surface area (Å²) in [5, 5.41) is 0. The lowest BCUT2D eigenvalue weighted by Crippen LogP contribution is -2.45. The van der Waals surface area contributed by atoms with Crippen molar-refractivity contribution in [1.82, 2.24) is 4.90 Å². The zero-order valence-corrected chi connectivity index (χ0v) is 12.8. The number of nitrogens with two attached hydrogens (primary N) is 2. The zero-order valence-electron chi connectivity index (χ0n) is 12.0. The molecule has 0 saturated carbocycles. The molecule has 114 valence electrons. The van der Waals surface area contributed by atoms with Gasteiger partial charge >= 0.3 is 0 Å². The van der Waals surface area contributed by atoms with Crippen molar-refractivity contribution in [2.75, 3.05) is 6.54 Å². The van der Waals surface area contributed by atoms with Gasteiger partial charge in [0, 0.05) is 24.7 Å². The van der Waals surface area contributed by atoms with E-state index in [0.717, 1.165) is 18.4 Å². The van der Waals surface area contributed by atoms with E-state index in [-0.39, 0.29) is 22.6 Å². The summed E-state index contributed by atoms with van der Waals surface area (Å²) in [5.41, 5.74) is 12.5. The summed E-state index contributed by atoms with van der Waals surface area (Å²) >= 11 is 4.99. The zero-order chi connectivity index (χ0) is 15.6. The first-order chi connectivity index (χ1) is 9.88. The van der Waals surface area contributed by atoms with Crippen LogP contribution in [-0.4, -0.2) is 28.4 Å². The molecule has 6 heteroatoms. The second-order valence-electron chi connectivity index (χ2n) is 5.62. The van der Waals surface area contributed by atoms with Gasteiger partial charge < -0.3 is 11.5 Å². The summed E-state index contributed by atoms with van der Waals surface area (Å²) in [5.74, 6) is -0.751. The van der Waals surface area contributed by atoms with E-state index < -0.39 is 0 Å². The van der Waals surface area contributed by atoms with Gasteiger partial charge in [0.1, 0.15) is 10.8 Å². The molecule has 1 heterocycles. The lowest BCUT2D eigenvalue weighted by Gasteiger charge is -2.37. The number of piperidine rings is 1. The molecular formula is C15H20FN3OS. The van der Waals surface area contributed by atoms with Crippen LogP contribution in [0.4, 0.5) is 4.39 Å². The minimum atomic E-state index is -0.358. The van der Waals surface area contributed by atoms with Crippen molar-refractivity contribution in [2.45, 2.75) is 32.4 Å². The number of carbonyl (C=O) groups is 1. The van der Waals surface area contributed by atoms with Crippen LogP contribution in [0, 0.1) is 11.7 Å². The molecule has 1 aromatic carbocycles. The Bertz CT molecular complexity index is 564. The van der Waals surface area contributed by atoms with Gasteiger partial charge in [0.15, 0.2) is 0 Å². The maximum Gasteiger partial charge on any atom is 0.221 e. The molecule has 2 rings (SSSR count). The van der Waals surface area contributed by atoms with E-state index in [4.69, 9.17) is 23.7 Å². The van der Waals surface area contributed by atoms with E-state index in [1.165, 1.54) is 12.1 Å². The lowest BCUT2D eigenvalue weighted by molar-refractivity contribution is -0.124. The number of nitrogens with zero attached hydrogens (tertiary/aromatic N) is 1. The molecule has 4 nitrogen and oxygen atoms in total. The highest BCUT2D eigenvalue weighted by molar-refractivity contribution is 7.80. The third-order valence-electron chi connectivity index (χ3n) is 4.12. The Morgan fingerprint density at radius 2 is 2.14 bits per heavy atom. The molecule has 0 aliphatic carbocycles. The molecule has 1 amide bonds. The molecule has 21 heavy (non-hydrogen) atoms. The maximum absolute atomic E-state index is 13.3. The summed E-state index contributed by atoms with van der Waals surface area (Å²) in [4.78, 5) is 13.7. The molecule has 1 aliphatic rings. The van der Waals surface area contributed by atoms with Gasteiger partial charge in [0.05, 0.1) is 5.92 Å². The fourth-order valence-corrected chi connectivity index (χ4v) is 2.96. The number of thiocarbonyl (C=S) groups is 1. The third-order valence-corrected chi connectivity index (χ3v) is 4.34. The molecule has 1 aliphatic heterocycles. The quantitative estimate of drug-likeness (QED) is 0.828. The lowest BCUT2D eigenvalue weighted by atomic mass is 9.92. The van der Waals surface area contributed by atoms with E-state index in [9.17, 15) is 9.18 Å². The molecule has 0 radical (unpaired) electrons. The van der Waals surface area contributed by atoms with Crippen LogP contribution in [-0.2, 0) is 11.3 Å². The van der Waals surface area contributed by atoms with Crippen LogP contribution in [0.3, 0.4) is 0 Å². The van der Waals surface area contributed by atoms with E-state index >= 15 is 0 Å². The van der Waals surface area contributed by atoms with Crippen LogP contribution < -0.4 is 11.5 Å². The van der Waals surface area contributed by atoms with Crippen molar-refractivity contribution in [1.29, 1.82) is 0 Å². The summed E-state index contributed by atoms with van der Waals surface area (Å²) in [6.07, 6.45) is 1.73. The number of rotatable bonds is 4. The predicted octanol–water partition coefficient (Wildman–Crippen LogP) is 1.55. The van der Waals surface area contributed by atoms with Crippen LogP contribution in [0.25, 0.3) is 0 Å². The molecule has 4 N–H and O–H groups in total. The highest BCUT2D eigenvalue weighted by Gasteiger charge is 2.29. The van der Waals surface area contributed by atoms with Crippen molar-refractivity contribution in [2.24, 2.45) is 17.4 Å². The minimum absolute atomic E-state index is 0.130. The molecule has 0 spiro atoms. The number of primary amides is 1. The van der Waals surface area contributed by atoms with Crippen molar-refractivity contribution in [3.8, 4) is 0 Å². The predicted molar refractivity (Wildman–Crippen MR) is 84.1 cm³/mol. The fourth-order valence-electron chi connectivity index (χ4n) is 2.77. The molecular weight excluding hydrogens is 289 g/mol. The number of hydrogen-bond donors (Lipinski definition) is 2. The summed E-state index contributed by atoms with van der Waals surface area (Å²) < 4.78 is 13.3. The van der Waals surface area contributed by atoms with Crippen LogP contribution in [0.2, 0.25) is 0 Å². The third kappa shape index (κ3) is 3.77. The average molecular weight is 309 g/mol. The number of amides is 1. The number of carbonyl (C=O) groups excluding carboxylic acids is 1. The Balaban J connectivity index is 2.20. The van der Waals surface area contributed by atoms with Crippen molar-refractivity contribution in [3.63, 3.8) is 0 Å². The van der Waals surface area contributed by atoms with Crippen LogP contribution in [0.15, 0.2) is 18.2 Å². The average Bonchev–Trinajstić information content (AvgIpc) is 2.42. The minimum Gasteiger partial charge on any atom is -0.389 e. The molecule has 0 bridgehead atoms. The number of likely N-dealkylation sites (tertiary alicyclic amines) is 1. The second kappa shape index (κ2) is 6.49. The molecule has 2 unspecified atom stereocenters. The Morgan fingerprint density at radius 3 is 2.76 bits per heavy atom. The van der Waals surface area contributed by atoms with Crippen molar-refractivity contribution >= 4 is 23.1 Å². The molecule has 1 aromatic rings. The van der Waals surface area contributed by atoms with Gasteiger partial charge in [-0.1, -0.05) is 18.3 Å². The van der Waals surface area contributed by atoms with E-state index in [1.807, 2.05) is 0 Å². The Kier molecular flexibility index (Phi) is 4.90. The van der Waals surface area contributed by atoms with Crippen molar-refractivity contribution < 1.29 is 9.18 Å². The van der Waals surface area contributed by atoms with Crippen LogP contribution in [0.1, 0.15) is 30.9 Å². The first kappa shape index (κ1) is 15.9. The number of hydrogen-bond acceptors (Lipinski definition) is 3. The van der Waals surface area contributed by atoms with E-state index in [2.05, 4.69) is 11.8 Å². The van der Waals surface area contributed by atoms with E-state index in [0.29, 0.717) is 24.7 Å². The summed E-state index contributed by atoms with van der Waals surface area (Å²) in [7, 11) is 0. The fraction of sp³-hybridized carbons (Fsp3) is 0.467. The van der Waals surface area contributed by atoms with Crippen LogP contribution in [0.5, 0.6) is 0 Å². The molecule has 0 aromatic heterocycles. The Labute approximate surface area is 129 Å². The van der Waals surface area contributed by atoms with Gasteiger partial charge in [-0.3, -0.25) is 9.69 Å². The Morgan fingerprint density at radius 1 is 1.43 bits per heavy atom. The molecule has 1 saturated heterocycles. The van der Waals surface area contributed by atoms with Gasteiger partial charge in [-0.2, -0.15) is 0 Å².